The fourth-order valence-corrected chi connectivity index (χ4v) is 0.729. The van der Waals surface area contributed by atoms with Gasteiger partial charge < -0.3 is 5.73 Å². The summed E-state index contributed by atoms with van der Waals surface area (Å²) in [4.78, 5) is 0. The molecule has 3 N–H and O–H groups in total. The minimum atomic E-state index is 0. The molecule has 3 nitrogen and oxygen atoms in total. The minimum absolute atomic E-state index is 0. The summed E-state index contributed by atoms with van der Waals surface area (Å²) in [5, 5.41) is 12.0. The molecule has 67 valence electrons. The van der Waals surface area contributed by atoms with E-state index >= 15 is 0 Å². The first-order valence-electron chi connectivity index (χ1n) is 3.76. The minimum Gasteiger partial charge on any atom is -0.677 e. The Morgan fingerprint density at radius 2 is 1.45 bits per heavy atom. The average Bonchev–Trinajstić information content (AvgIpc) is 2.02. The third kappa shape index (κ3) is 24.8. The third-order valence-corrected chi connectivity index (χ3v) is 1.28. The molecule has 0 saturated carbocycles. The van der Waals surface area contributed by atoms with Gasteiger partial charge in [0.1, 0.15) is 0 Å². The summed E-state index contributed by atoms with van der Waals surface area (Å²) in [6.45, 7) is 2.82. The molecule has 4 heteroatoms. The van der Waals surface area contributed by atoms with Gasteiger partial charge in [-0.1, -0.05) is 39.0 Å². The van der Waals surface area contributed by atoms with Crippen LogP contribution in [0.5, 0.6) is 0 Å². The summed E-state index contributed by atoms with van der Waals surface area (Å²) >= 11 is 0. The SMILES string of the molecule is CCCCCCC[NH-].OO.[Y]. The van der Waals surface area contributed by atoms with E-state index in [2.05, 4.69) is 6.92 Å². The molecule has 0 atom stereocenters. The Balaban J connectivity index is -0.000000196. The van der Waals surface area contributed by atoms with E-state index in [9.17, 15) is 0 Å². The largest absolute Gasteiger partial charge is 0.677 e. The predicted molar refractivity (Wildman–Crippen MR) is 43.2 cm³/mol. The van der Waals surface area contributed by atoms with Crippen molar-refractivity contribution in [3.05, 3.63) is 5.73 Å². The molecular formula is C7H18NO2Y-. The number of nitrogens with one attached hydrogen (secondary N) is 1. The van der Waals surface area contributed by atoms with Crippen LogP contribution >= 0.6 is 0 Å². The van der Waals surface area contributed by atoms with E-state index in [1.165, 1.54) is 25.7 Å². The summed E-state index contributed by atoms with van der Waals surface area (Å²) in [6, 6.07) is 0. The van der Waals surface area contributed by atoms with Crippen molar-refractivity contribution in [2.75, 3.05) is 6.54 Å². The van der Waals surface area contributed by atoms with Gasteiger partial charge in [-0.15, -0.1) is 0 Å². The Kier molecular flexibility index (Phi) is 36.6. The van der Waals surface area contributed by atoms with E-state index in [0.29, 0.717) is 6.54 Å². The molecule has 0 aromatic rings. The van der Waals surface area contributed by atoms with Gasteiger partial charge in [0.05, 0.1) is 0 Å². The first-order chi connectivity index (χ1) is 4.91. The molecule has 0 aromatic carbocycles. The summed E-state index contributed by atoms with van der Waals surface area (Å²) in [5.74, 6) is 0. The van der Waals surface area contributed by atoms with Gasteiger partial charge >= 0.3 is 0 Å². The zero-order chi connectivity index (χ0) is 8.24. The smallest absolute Gasteiger partial charge is 0 e. The second-order valence-electron chi connectivity index (χ2n) is 2.16. The van der Waals surface area contributed by atoms with Gasteiger partial charge in [0.15, 0.2) is 0 Å². The van der Waals surface area contributed by atoms with Crippen molar-refractivity contribution in [2.45, 2.75) is 39.0 Å². The van der Waals surface area contributed by atoms with Gasteiger partial charge in [-0.25, -0.2) is 0 Å². The van der Waals surface area contributed by atoms with E-state index in [1.807, 2.05) is 0 Å². The van der Waals surface area contributed by atoms with Gasteiger partial charge in [-0.05, 0) is 0 Å². The zero-order valence-corrected chi connectivity index (χ0v) is 10.1. The van der Waals surface area contributed by atoms with Crippen molar-refractivity contribution in [3.8, 4) is 0 Å². The van der Waals surface area contributed by atoms with Crippen LogP contribution in [0.1, 0.15) is 39.0 Å². The number of hydrogen-bond acceptors (Lipinski definition) is 2. The Morgan fingerprint density at radius 1 is 1.00 bits per heavy atom. The maximum Gasteiger partial charge on any atom is 0 e. The van der Waals surface area contributed by atoms with Crippen molar-refractivity contribution in [1.82, 2.24) is 0 Å². The van der Waals surface area contributed by atoms with Crippen LogP contribution in [0.25, 0.3) is 5.73 Å². The van der Waals surface area contributed by atoms with E-state index in [0.717, 1.165) is 6.42 Å². The first kappa shape index (κ1) is 17.9. The molecule has 0 fully saturated rings. The summed E-state index contributed by atoms with van der Waals surface area (Å²) in [6.07, 6.45) is 6.34. The second kappa shape index (κ2) is 22.4. The quantitative estimate of drug-likeness (QED) is 0.438. The van der Waals surface area contributed by atoms with E-state index in [4.69, 9.17) is 16.2 Å². The molecule has 0 amide bonds. The summed E-state index contributed by atoms with van der Waals surface area (Å²) < 4.78 is 0. The molecule has 0 aliphatic rings. The van der Waals surface area contributed by atoms with Crippen LogP contribution in [-0.4, -0.2) is 17.1 Å². The molecule has 0 aromatic heterocycles. The third-order valence-electron chi connectivity index (χ3n) is 1.28. The molecule has 0 bridgehead atoms. The fourth-order valence-electron chi connectivity index (χ4n) is 0.729. The van der Waals surface area contributed by atoms with Gasteiger partial charge in [0, 0.05) is 32.7 Å². The number of rotatable bonds is 5. The van der Waals surface area contributed by atoms with E-state index in [1.54, 1.807) is 0 Å². The van der Waals surface area contributed by atoms with Crippen LogP contribution in [0.4, 0.5) is 0 Å². The zero-order valence-electron chi connectivity index (χ0n) is 7.21. The maximum atomic E-state index is 6.84. The number of unbranched alkanes of at least 4 members (excludes halogenated alkanes) is 4. The average molecular weight is 237 g/mol. The Morgan fingerprint density at radius 3 is 1.82 bits per heavy atom. The molecule has 0 rings (SSSR count). The van der Waals surface area contributed by atoms with Crippen LogP contribution < -0.4 is 0 Å². The Hall–Kier alpha value is 0.984. The van der Waals surface area contributed by atoms with Gasteiger partial charge in [0.2, 0.25) is 0 Å². The Bertz CT molecular complexity index is 41.4. The molecule has 0 heterocycles. The van der Waals surface area contributed by atoms with E-state index < -0.39 is 0 Å². The van der Waals surface area contributed by atoms with Crippen molar-refractivity contribution in [3.63, 3.8) is 0 Å². The predicted octanol–water partition coefficient (Wildman–Crippen LogP) is 3.02. The monoisotopic (exact) mass is 237 g/mol. The molecule has 0 unspecified atom stereocenters. The van der Waals surface area contributed by atoms with Crippen molar-refractivity contribution in [2.24, 2.45) is 0 Å². The molecule has 11 heavy (non-hydrogen) atoms. The van der Waals surface area contributed by atoms with Crippen LogP contribution in [0.2, 0.25) is 0 Å². The van der Waals surface area contributed by atoms with Gasteiger partial charge in [-0.2, -0.15) is 6.54 Å². The molecule has 1 radical (unpaired) electrons. The van der Waals surface area contributed by atoms with Crippen molar-refractivity contribution >= 4 is 0 Å². The van der Waals surface area contributed by atoms with Crippen LogP contribution in [0.15, 0.2) is 0 Å². The van der Waals surface area contributed by atoms with Crippen molar-refractivity contribution < 1.29 is 43.2 Å². The summed E-state index contributed by atoms with van der Waals surface area (Å²) in [7, 11) is 0. The summed E-state index contributed by atoms with van der Waals surface area (Å²) in [5.41, 5.74) is 6.84. The maximum absolute atomic E-state index is 6.84. The van der Waals surface area contributed by atoms with Gasteiger partial charge in [0.25, 0.3) is 0 Å². The standard InChI is InChI=1S/C7H16N.H2O2.Y/c1-2-3-4-5-6-7-8;1-2;/h8H,2-7H2,1H3;1-2H;/q-1;;. The first-order valence-corrected chi connectivity index (χ1v) is 3.76. The molecule has 0 aliphatic carbocycles. The molecule has 0 spiro atoms. The second-order valence-corrected chi connectivity index (χ2v) is 2.16. The van der Waals surface area contributed by atoms with E-state index in [-0.39, 0.29) is 32.7 Å². The topological polar surface area (TPSA) is 64.3 Å². The normalized spacial score (nSPS) is 7.64. The van der Waals surface area contributed by atoms with Crippen molar-refractivity contribution in [1.29, 1.82) is 0 Å². The molecule has 0 saturated heterocycles. The van der Waals surface area contributed by atoms with Crippen LogP contribution in [0.3, 0.4) is 0 Å². The fraction of sp³-hybridized carbons (Fsp3) is 1.00. The molecule has 0 aliphatic heterocycles. The van der Waals surface area contributed by atoms with Crippen LogP contribution in [-0.2, 0) is 32.7 Å². The van der Waals surface area contributed by atoms with Crippen LogP contribution in [0, 0.1) is 0 Å². The van der Waals surface area contributed by atoms with Gasteiger partial charge in [-0.3, -0.25) is 10.5 Å². The molecular weight excluding hydrogens is 219 g/mol. The number of hydrogen-bond donors (Lipinski definition) is 2. The Labute approximate surface area is 94.2 Å².